The van der Waals surface area contributed by atoms with Gasteiger partial charge in [0.05, 0.1) is 31.9 Å². The van der Waals surface area contributed by atoms with E-state index in [1.807, 2.05) is 18.2 Å². The molecule has 0 saturated carbocycles. The number of methoxy groups -OCH3 is 1. The number of imidazole rings is 1. The molecule has 0 bridgehead atoms. The number of fused-ring (bicyclic) bond motifs is 1. The molecule has 1 amide bonds. The fourth-order valence-electron chi connectivity index (χ4n) is 2.24. The van der Waals surface area contributed by atoms with Crippen LogP contribution >= 0.6 is 0 Å². The Morgan fingerprint density at radius 2 is 2.43 bits per heavy atom. The van der Waals surface area contributed by atoms with E-state index in [2.05, 4.69) is 20.0 Å². The first-order valence-electron chi connectivity index (χ1n) is 6.57. The number of amides is 1. The van der Waals surface area contributed by atoms with Crippen LogP contribution in [0.1, 0.15) is 17.7 Å². The van der Waals surface area contributed by atoms with Crippen molar-refractivity contribution in [2.75, 3.05) is 19.0 Å². The molecule has 2 heterocycles. The molecular formula is C15H15N3O3. The predicted octanol–water partition coefficient (Wildman–Crippen LogP) is 2.91. The molecule has 1 aromatic heterocycles. The van der Waals surface area contributed by atoms with Gasteiger partial charge in [-0.15, -0.1) is 0 Å². The Hall–Kier alpha value is -2.76. The highest BCUT2D eigenvalue weighted by Crippen LogP contribution is 2.35. The summed E-state index contributed by atoms with van der Waals surface area (Å²) < 4.78 is 10.2. The molecular weight excluding hydrogens is 270 g/mol. The second-order valence-corrected chi connectivity index (χ2v) is 4.60. The lowest BCUT2D eigenvalue weighted by atomic mass is 9.98. The van der Waals surface area contributed by atoms with Gasteiger partial charge in [0.15, 0.2) is 0 Å². The van der Waals surface area contributed by atoms with Crippen LogP contribution < -0.4 is 10.1 Å². The summed E-state index contributed by atoms with van der Waals surface area (Å²) in [6.45, 7) is 0.636. The van der Waals surface area contributed by atoms with Crippen molar-refractivity contribution in [1.82, 2.24) is 9.97 Å². The van der Waals surface area contributed by atoms with Crippen molar-refractivity contribution in [3.63, 3.8) is 0 Å². The molecule has 0 saturated heterocycles. The molecule has 6 nitrogen and oxygen atoms in total. The number of ether oxygens (including phenoxy) is 2. The SMILES string of the molecule is COC(=O)Nc1ccc2c(c1)/C(=C\c1cnc[nH]1)CCO2. The van der Waals surface area contributed by atoms with Crippen LogP contribution in [0.5, 0.6) is 5.75 Å². The topological polar surface area (TPSA) is 76.2 Å². The summed E-state index contributed by atoms with van der Waals surface area (Å²) in [7, 11) is 1.33. The molecule has 0 unspecified atom stereocenters. The van der Waals surface area contributed by atoms with Gasteiger partial charge in [-0.2, -0.15) is 0 Å². The van der Waals surface area contributed by atoms with E-state index in [0.717, 1.165) is 29.0 Å². The summed E-state index contributed by atoms with van der Waals surface area (Å²) in [6.07, 6.45) is 5.75. The van der Waals surface area contributed by atoms with Gasteiger partial charge in [0, 0.05) is 17.7 Å². The summed E-state index contributed by atoms with van der Waals surface area (Å²) in [5, 5.41) is 2.66. The van der Waals surface area contributed by atoms with Gasteiger partial charge in [-0.25, -0.2) is 9.78 Å². The molecule has 2 N–H and O–H groups in total. The van der Waals surface area contributed by atoms with Gasteiger partial charge in [-0.3, -0.25) is 5.32 Å². The Kier molecular flexibility index (Phi) is 3.59. The molecule has 0 radical (unpaired) electrons. The number of carbonyl (C=O) groups excluding carboxylic acids is 1. The molecule has 3 rings (SSSR count). The number of H-pyrrole nitrogens is 1. The molecule has 2 aromatic rings. The van der Waals surface area contributed by atoms with E-state index >= 15 is 0 Å². The third kappa shape index (κ3) is 2.89. The van der Waals surface area contributed by atoms with Crippen molar-refractivity contribution in [3.05, 3.63) is 42.0 Å². The second kappa shape index (κ2) is 5.70. The number of nitrogens with one attached hydrogen (secondary N) is 2. The van der Waals surface area contributed by atoms with E-state index in [9.17, 15) is 4.79 Å². The van der Waals surface area contributed by atoms with Crippen molar-refractivity contribution < 1.29 is 14.3 Å². The van der Waals surface area contributed by atoms with E-state index in [0.29, 0.717) is 12.3 Å². The number of carbonyl (C=O) groups is 1. The van der Waals surface area contributed by atoms with Crippen molar-refractivity contribution in [2.24, 2.45) is 0 Å². The van der Waals surface area contributed by atoms with Crippen LogP contribution in [-0.4, -0.2) is 29.8 Å². The number of aromatic nitrogens is 2. The fourth-order valence-corrected chi connectivity index (χ4v) is 2.24. The van der Waals surface area contributed by atoms with E-state index in [1.54, 1.807) is 18.6 Å². The lowest BCUT2D eigenvalue weighted by Crippen LogP contribution is -2.12. The Balaban J connectivity index is 1.95. The zero-order valence-corrected chi connectivity index (χ0v) is 11.6. The van der Waals surface area contributed by atoms with Gasteiger partial charge >= 0.3 is 6.09 Å². The molecule has 108 valence electrons. The maximum Gasteiger partial charge on any atom is 0.411 e. The third-order valence-corrected chi connectivity index (χ3v) is 3.24. The minimum Gasteiger partial charge on any atom is -0.493 e. The Morgan fingerprint density at radius 3 is 3.19 bits per heavy atom. The first kappa shape index (κ1) is 13.2. The highest BCUT2D eigenvalue weighted by Gasteiger charge is 2.16. The van der Waals surface area contributed by atoms with Gasteiger partial charge in [-0.05, 0) is 29.8 Å². The van der Waals surface area contributed by atoms with Gasteiger partial charge in [-0.1, -0.05) is 0 Å². The Morgan fingerprint density at radius 1 is 1.52 bits per heavy atom. The molecule has 0 atom stereocenters. The quantitative estimate of drug-likeness (QED) is 0.889. The summed E-state index contributed by atoms with van der Waals surface area (Å²) in [4.78, 5) is 18.4. The predicted molar refractivity (Wildman–Crippen MR) is 79.0 cm³/mol. The van der Waals surface area contributed by atoms with Crippen LogP contribution in [0.2, 0.25) is 0 Å². The van der Waals surface area contributed by atoms with Gasteiger partial charge < -0.3 is 14.5 Å². The molecule has 6 heteroatoms. The average Bonchev–Trinajstić information content (AvgIpc) is 3.01. The number of anilines is 1. The zero-order valence-electron chi connectivity index (χ0n) is 11.6. The molecule has 0 spiro atoms. The van der Waals surface area contributed by atoms with Crippen LogP contribution in [0.15, 0.2) is 30.7 Å². The number of aromatic amines is 1. The van der Waals surface area contributed by atoms with Gasteiger partial charge in [0.1, 0.15) is 5.75 Å². The number of rotatable bonds is 2. The largest absolute Gasteiger partial charge is 0.493 e. The standard InChI is InChI=1S/C15H15N3O3/c1-20-15(19)18-11-2-3-14-13(7-11)10(4-5-21-14)6-12-8-16-9-17-12/h2-3,6-9H,4-5H2,1H3,(H,16,17)(H,18,19)/b10-6-. The zero-order chi connectivity index (χ0) is 14.7. The van der Waals surface area contributed by atoms with E-state index in [-0.39, 0.29) is 0 Å². The first-order chi connectivity index (χ1) is 10.3. The second-order valence-electron chi connectivity index (χ2n) is 4.60. The number of hydrogen-bond acceptors (Lipinski definition) is 4. The van der Waals surface area contributed by atoms with Crippen molar-refractivity contribution in [3.8, 4) is 5.75 Å². The molecule has 1 aliphatic heterocycles. The molecule has 0 fully saturated rings. The Bertz CT molecular complexity index is 677. The Labute approximate surface area is 121 Å². The van der Waals surface area contributed by atoms with E-state index in [1.165, 1.54) is 7.11 Å². The number of benzene rings is 1. The monoisotopic (exact) mass is 285 g/mol. The maximum absolute atomic E-state index is 11.3. The first-order valence-corrected chi connectivity index (χ1v) is 6.57. The van der Waals surface area contributed by atoms with Gasteiger partial charge in [0.25, 0.3) is 0 Å². The minimum absolute atomic E-state index is 0.495. The smallest absolute Gasteiger partial charge is 0.411 e. The number of nitrogens with zero attached hydrogens (tertiary/aromatic N) is 1. The fraction of sp³-hybridized carbons (Fsp3) is 0.200. The normalized spacial score (nSPS) is 15.2. The van der Waals surface area contributed by atoms with Crippen LogP contribution in [0.3, 0.4) is 0 Å². The summed E-state index contributed by atoms with van der Waals surface area (Å²) in [5.74, 6) is 0.808. The summed E-state index contributed by atoms with van der Waals surface area (Å²) in [6, 6.07) is 5.52. The van der Waals surface area contributed by atoms with Crippen LogP contribution in [0.4, 0.5) is 10.5 Å². The lowest BCUT2D eigenvalue weighted by Gasteiger charge is -2.21. The molecule has 1 aromatic carbocycles. The maximum atomic E-state index is 11.3. The van der Waals surface area contributed by atoms with E-state index < -0.39 is 6.09 Å². The molecule has 21 heavy (non-hydrogen) atoms. The number of hydrogen-bond donors (Lipinski definition) is 2. The van der Waals surface area contributed by atoms with Crippen LogP contribution in [-0.2, 0) is 4.74 Å². The van der Waals surface area contributed by atoms with Crippen LogP contribution in [0, 0.1) is 0 Å². The highest BCUT2D eigenvalue weighted by molar-refractivity contribution is 5.89. The summed E-state index contributed by atoms with van der Waals surface area (Å²) >= 11 is 0. The average molecular weight is 285 g/mol. The lowest BCUT2D eigenvalue weighted by molar-refractivity contribution is 0.187. The van der Waals surface area contributed by atoms with E-state index in [4.69, 9.17) is 4.74 Å². The van der Waals surface area contributed by atoms with Gasteiger partial charge in [0.2, 0.25) is 0 Å². The molecule has 0 aliphatic carbocycles. The van der Waals surface area contributed by atoms with Crippen molar-refractivity contribution in [2.45, 2.75) is 6.42 Å². The minimum atomic E-state index is -0.495. The van der Waals surface area contributed by atoms with Crippen molar-refractivity contribution >= 4 is 23.4 Å². The van der Waals surface area contributed by atoms with Crippen molar-refractivity contribution in [1.29, 1.82) is 0 Å². The highest BCUT2D eigenvalue weighted by atomic mass is 16.5. The summed E-state index contributed by atoms with van der Waals surface area (Å²) in [5.41, 5.74) is 3.70. The van der Waals surface area contributed by atoms with Crippen LogP contribution in [0.25, 0.3) is 11.6 Å². The molecule has 1 aliphatic rings. The third-order valence-electron chi connectivity index (χ3n) is 3.24.